The molecule has 2 N–H and O–H groups in total. The Morgan fingerprint density at radius 2 is 1.70 bits per heavy atom. The van der Waals surface area contributed by atoms with Crippen molar-refractivity contribution in [1.29, 1.82) is 0 Å². The lowest BCUT2D eigenvalue weighted by molar-refractivity contribution is 0.239. The lowest BCUT2D eigenvalue weighted by atomic mass is 9.90. The van der Waals surface area contributed by atoms with Gasteiger partial charge in [0.25, 0.3) is 0 Å². The van der Waals surface area contributed by atoms with Crippen molar-refractivity contribution in [2.75, 3.05) is 5.88 Å². The van der Waals surface area contributed by atoms with Gasteiger partial charge >= 0.3 is 10.1 Å². The van der Waals surface area contributed by atoms with Crippen LogP contribution >= 0.6 is 35.0 Å². The molecular weight excluding hydrogens is 503 g/mol. The fraction of sp³-hybridized carbons (Fsp3) is 0.0909. The van der Waals surface area contributed by atoms with Crippen LogP contribution in [0.2, 0.25) is 10.3 Å². The number of nitrogens with zero attached hydrogens (tertiary/aromatic N) is 3. The minimum atomic E-state index is -4.05. The molecule has 11 heteroatoms. The highest BCUT2D eigenvalue weighted by molar-refractivity contribution is 8.17. The number of thioether (sulfide) groups is 1. The second-order valence-electron chi connectivity index (χ2n) is 7.26. The molecule has 0 fully saturated rings. The molecule has 0 radical (unpaired) electrons. The third kappa shape index (κ3) is 3.85. The van der Waals surface area contributed by atoms with Gasteiger partial charge in [0, 0.05) is 22.9 Å². The highest BCUT2D eigenvalue weighted by Crippen LogP contribution is 2.48. The highest BCUT2D eigenvalue weighted by atomic mass is 35.5. The summed E-state index contributed by atoms with van der Waals surface area (Å²) in [6, 6.07) is 19.1. The van der Waals surface area contributed by atoms with Gasteiger partial charge in [-0.05, 0) is 24.3 Å². The van der Waals surface area contributed by atoms with Crippen LogP contribution in [0, 0.1) is 0 Å². The van der Waals surface area contributed by atoms with Gasteiger partial charge in [-0.15, -0.1) is 0 Å². The SMILES string of the molecule is NC1=NC(c2cc(Cl)nc(Cl)c2)(N2C=C(S(=O)(=O)Oc3ccccc3)SC2)c2ccccc21. The molecule has 0 amide bonds. The Hall–Kier alpha value is -2.72. The largest absolute Gasteiger partial charge is 0.383 e. The van der Waals surface area contributed by atoms with Crippen molar-refractivity contribution >= 4 is 50.9 Å². The minimum absolute atomic E-state index is 0.0510. The molecule has 1 unspecified atom stereocenters. The first kappa shape index (κ1) is 22.1. The summed E-state index contributed by atoms with van der Waals surface area (Å²) in [6.45, 7) is 0. The molecule has 1 aromatic heterocycles. The Labute approximate surface area is 205 Å². The van der Waals surface area contributed by atoms with E-state index >= 15 is 0 Å². The summed E-state index contributed by atoms with van der Waals surface area (Å²) in [7, 11) is -4.05. The number of para-hydroxylation sites is 1. The molecular formula is C22H16Cl2N4O3S2. The van der Waals surface area contributed by atoms with Gasteiger partial charge in [0.2, 0.25) is 0 Å². The zero-order chi connectivity index (χ0) is 23.2. The molecule has 0 spiro atoms. The van der Waals surface area contributed by atoms with Crippen molar-refractivity contribution in [1.82, 2.24) is 9.88 Å². The van der Waals surface area contributed by atoms with E-state index in [0.717, 1.165) is 22.9 Å². The Kier molecular flexibility index (Phi) is 5.52. The number of pyridine rings is 1. The quantitative estimate of drug-likeness (QED) is 0.391. The first-order chi connectivity index (χ1) is 15.8. The maximum atomic E-state index is 13.0. The number of aliphatic imine (C=N–C) groups is 1. The smallest absolute Gasteiger partial charge is 0.346 e. The van der Waals surface area contributed by atoms with Gasteiger partial charge in [-0.1, -0.05) is 77.4 Å². The molecule has 2 aliphatic rings. The lowest BCUT2D eigenvalue weighted by Gasteiger charge is -2.37. The van der Waals surface area contributed by atoms with Crippen LogP contribution in [0.3, 0.4) is 0 Å². The summed E-state index contributed by atoms with van der Waals surface area (Å²) in [5.74, 6) is 0.827. The van der Waals surface area contributed by atoms with Crippen LogP contribution in [0.25, 0.3) is 0 Å². The molecule has 3 aromatic rings. The first-order valence-corrected chi connectivity index (χ1v) is 12.8. The van der Waals surface area contributed by atoms with Crippen LogP contribution in [-0.2, 0) is 15.8 Å². The Balaban J connectivity index is 1.63. The third-order valence-corrected chi connectivity index (χ3v) is 8.40. The van der Waals surface area contributed by atoms with Crippen LogP contribution in [-0.4, -0.2) is 30.0 Å². The zero-order valence-electron chi connectivity index (χ0n) is 16.9. The van der Waals surface area contributed by atoms with Crippen molar-refractivity contribution in [3.8, 4) is 5.75 Å². The van der Waals surface area contributed by atoms with Crippen LogP contribution in [0.5, 0.6) is 5.75 Å². The van der Waals surface area contributed by atoms with Crippen LogP contribution < -0.4 is 9.92 Å². The standard InChI is InChI=1S/C22H16Cl2N4O3S2/c23-18-10-14(11-19(24)26-18)22(17-9-5-4-8-16(17)21(25)27-22)28-12-20(32-13-28)33(29,30)31-15-6-2-1-3-7-15/h1-12H,13H2,(H2,25,27). The molecule has 0 saturated heterocycles. The topological polar surface area (TPSA) is 97.9 Å². The molecule has 3 heterocycles. The molecule has 1 atom stereocenters. The second-order valence-corrected chi connectivity index (χ2v) is 10.8. The van der Waals surface area contributed by atoms with E-state index in [1.807, 2.05) is 24.3 Å². The fourth-order valence-corrected chi connectivity index (χ4v) is 6.61. The minimum Gasteiger partial charge on any atom is -0.383 e. The van der Waals surface area contributed by atoms with Crippen LogP contribution in [0.4, 0.5) is 0 Å². The number of hydrogen-bond acceptors (Lipinski definition) is 8. The Bertz CT molecular complexity index is 1390. The van der Waals surface area contributed by atoms with E-state index in [0.29, 0.717) is 11.4 Å². The van der Waals surface area contributed by atoms with E-state index in [1.165, 1.54) is 6.20 Å². The van der Waals surface area contributed by atoms with E-state index < -0.39 is 15.8 Å². The summed E-state index contributed by atoms with van der Waals surface area (Å²) < 4.78 is 31.3. The molecule has 7 nitrogen and oxygen atoms in total. The van der Waals surface area contributed by atoms with Crippen molar-refractivity contribution in [2.45, 2.75) is 5.66 Å². The average molecular weight is 519 g/mol. The van der Waals surface area contributed by atoms with E-state index in [2.05, 4.69) is 4.98 Å². The summed E-state index contributed by atoms with van der Waals surface area (Å²) in [4.78, 5) is 10.6. The van der Waals surface area contributed by atoms with E-state index in [-0.39, 0.29) is 26.2 Å². The number of fused-ring (bicyclic) bond motifs is 1. The number of aromatic nitrogens is 1. The van der Waals surface area contributed by atoms with Gasteiger partial charge in [0.15, 0.2) is 9.90 Å². The van der Waals surface area contributed by atoms with Crippen LogP contribution in [0.1, 0.15) is 16.7 Å². The number of rotatable bonds is 5. The van der Waals surface area contributed by atoms with Gasteiger partial charge < -0.3 is 14.8 Å². The fourth-order valence-electron chi connectivity index (χ4n) is 3.88. The summed E-state index contributed by atoms with van der Waals surface area (Å²) in [5.41, 5.74) is 7.26. The molecule has 0 saturated carbocycles. The Morgan fingerprint density at radius 3 is 2.42 bits per heavy atom. The Morgan fingerprint density at radius 1 is 1.03 bits per heavy atom. The van der Waals surface area contributed by atoms with Crippen molar-refractivity contribution < 1.29 is 12.6 Å². The number of benzene rings is 2. The van der Waals surface area contributed by atoms with E-state index in [9.17, 15) is 8.42 Å². The van der Waals surface area contributed by atoms with Gasteiger partial charge in [0.1, 0.15) is 21.9 Å². The molecule has 168 valence electrons. The zero-order valence-corrected chi connectivity index (χ0v) is 20.0. The summed E-state index contributed by atoms with van der Waals surface area (Å²) in [6.07, 6.45) is 1.52. The van der Waals surface area contributed by atoms with Crippen molar-refractivity contribution in [3.05, 3.63) is 104 Å². The van der Waals surface area contributed by atoms with Crippen molar-refractivity contribution in [3.63, 3.8) is 0 Å². The number of hydrogen-bond donors (Lipinski definition) is 1. The second kappa shape index (κ2) is 8.25. The lowest BCUT2D eigenvalue weighted by Crippen LogP contribution is -2.40. The predicted molar refractivity (Wildman–Crippen MR) is 131 cm³/mol. The van der Waals surface area contributed by atoms with Gasteiger partial charge in [0.05, 0.1) is 5.88 Å². The monoisotopic (exact) mass is 518 g/mol. The van der Waals surface area contributed by atoms with Gasteiger partial charge in [-0.3, -0.25) is 0 Å². The van der Waals surface area contributed by atoms with E-state index in [1.54, 1.807) is 47.4 Å². The maximum Gasteiger partial charge on any atom is 0.346 e. The van der Waals surface area contributed by atoms with E-state index in [4.69, 9.17) is 38.1 Å². The average Bonchev–Trinajstić information content (AvgIpc) is 3.39. The van der Waals surface area contributed by atoms with Crippen molar-refractivity contribution in [2.24, 2.45) is 10.7 Å². The number of nitrogens with two attached hydrogens (primary N) is 1. The molecule has 33 heavy (non-hydrogen) atoms. The number of amidine groups is 1. The summed E-state index contributed by atoms with van der Waals surface area (Å²) in [5, 5.41) is 0.372. The molecule has 0 aliphatic carbocycles. The first-order valence-electron chi connectivity index (χ1n) is 9.69. The maximum absolute atomic E-state index is 13.0. The van der Waals surface area contributed by atoms with Gasteiger partial charge in [-0.2, -0.15) is 8.42 Å². The highest BCUT2D eigenvalue weighted by Gasteiger charge is 2.48. The molecule has 2 aromatic carbocycles. The third-order valence-electron chi connectivity index (χ3n) is 5.24. The number of halogens is 2. The normalized spacial score (nSPS) is 19.8. The molecule has 2 aliphatic heterocycles. The predicted octanol–water partition coefficient (Wildman–Crippen LogP) is 4.52. The molecule has 0 bridgehead atoms. The van der Waals surface area contributed by atoms with Gasteiger partial charge in [-0.25, -0.2) is 9.98 Å². The molecule has 5 rings (SSSR count). The van der Waals surface area contributed by atoms with Crippen LogP contribution in [0.15, 0.2) is 82.2 Å². The summed E-state index contributed by atoms with van der Waals surface area (Å²) >= 11 is 13.6.